The predicted octanol–water partition coefficient (Wildman–Crippen LogP) is 4.48. The Morgan fingerprint density at radius 1 is 1.03 bits per heavy atom. The number of carbonyl (C=O) groups excluding carboxylic acids is 1. The lowest BCUT2D eigenvalue weighted by Crippen LogP contribution is -2.33. The molecule has 4 aromatic rings. The van der Waals surface area contributed by atoms with Crippen molar-refractivity contribution in [3.63, 3.8) is 0 Å². The number of hydrogen-bond acceptors (Lipinski definition) is 6. The number of likely N-dealkylation sites (tertiary alicyclic amines) is 1. The van der Waals surface area contributed by atoms with Crippen LogP contribution in [0.2, 0.25) is 0 Å². The van der Waals surface area contributed by atoms with Crippen LogP contribution in [-0.2, 0) is 11.8 Å². The van der Waals surface area contributed by atoms with E-state index in [0.717, 1.165) is 37.4 Å². The molecule has 1 atom stereocenters. The van der Waals surface area contributed by atoms with Crippen LogP contribution >= 0.6 is 11.8 Å². The van der Waals surface area contributed by atoms with E-state index in [1.165, 1.54) is 35.0 Å². The van der Waals surface area contributed by atoms with Crippen LogP contribution in [0.3, 0.4) is 0 Å². The normalized spacial score (nSPS) is 14.9. The summed E-state index contributed by atoms with van der Waals surface area (Å²) in [7, 11) is 1.78. The van der Waals surface area contributed by atoms with Gasteiger partial charge in [-0.25, -0.2) is 9.07 Å². The number of carbonyl (C=O) groups is 1. The highest BCUT2D eigenvalue weighted by Gasteiger charge is 2.26. The minimum atomic E-state index is -0.328. The minimum Gasteiger partial charge on any atom is -0.319 e. The number of amides is 1. The quantitative estimate of drug-likeness (QED) is 0.326. The molecule has 1 fully saturated rings. The molecule has 11 heteroatoms. The zero-order chi connectivity index (χ0) is 27.5. The Labute approximate surface area is 230 Å². The first kappa shape index (κ1) is 26.9. The molecule has 1 amide bonds. The highest BCUT2D eigenvalue weighted by Crippen LogP contribution is 2.29. The number of benzene rings is 2. The van der Waals surface area contributed by atoms with E-state index < -0.39 is 0 Å². The molecule has 0 bridgehead atoms. The Morgan fingerprint density at radius 3 is 2.41 bits per heavy atom. The maximum Gasteiger partial charge on any atom is 0.295 e. The van der Waals surface area contributed by atoms with Gasteiger partial charge in [-0.05, 0) is 76.2 Å². The molecule has 204 valence electrons. The van der Waals surface area contributed by atoms with Gasteiger partial charge in [-0.15, -0.1) is 10.2 Å². The first-order valence-electron chi connectivity index (χ1n) is 13.1. The Morgan fingerprint density at radius 2 is 1.72 bits per heavy atom. The number of piperidine rings is 1. The van der Waals surface area contributed by atoms with Crippen molar-refractivity contribution >= 4 is 23.4 Å². The minimum absolute atomic E-state index is 0.00875. The molecule has 1 N–H and O–H groups in total. The largest absolute Gasteiger partial charge is 0.319 e. The van der Waals surface area contributed by atoms with Crippen LogP contribution in [0.4, 0.5) is 10.1 Å². The van der Waals surface area contributed by atoms with Crippen molar-refractivity contribution in [1.29, 1.82) is 0 Å². The number of hydrogen-bond donors (Lipinski definition) is 1. The lowest BCUT2D eigenvalue weighted by molar-refractivity contribution is -0.113. The molecule has 2 aromatic heterocycles. The van der Waals surface area contributed by atoms with Crippen LogP contribution in [0.1, 0.15) is 43.7 Å². The van der Waals surface area contributed by atoms with E-state index in [1.54, 1.807) is 30.8 Å². The molecular weight excluding hydrogens is 517 g/mol. The van der Waals surface area contributed by atoms with E-state index >= 15 is 0 Å². The molecule has 1 aliphatic heterocycles. The fourth-order valence-corrected chi connectivity index (χ4v) is 5.72. The summed E-state index contributed by atoms with van der Waals surface area (Å²) in [5, 5.41) is 12.2. The molecule has 1 aliphatic rings. The van der Waals surface area contributed by atoms with Gasteiger partial charge in [-0.2, -0.15) is 0 Å². The highest BCUT2D eigenvalue weighted by molar-refractivity contribution is 7.99. The Hall–Kier alpha value is -3.70. The molecule has 1 unspecified atom stereocenters. The first-order valence-corrected chi connectivity index (χ1v) is 14.1. The molecule has 39 heavy (non-hydrogen) atoms. The van der Waals surface area contributed by atoms with Gasteiger partial charge in [0.15, 0.2) is 11.0 Å². The average Bonchev–Trinajstić information content (AvgIpc) is 3.47. The SMILES string of the molecule is Cc1c(NC(=O)CSc2nnc(C(C)N3CCCCC3)n2-c2ccc(F)cc2)c(=O)n(-c2ccccc2)n1C. The van der Waals surface area contributed by atoms with E-state index in [1.807, 2.05) is 34.9 Å². The van der Waals surface area contributed by atoms with Crippen LogP contribution in [-0.4, -0.2) is 53.8 Å². The van der Waals surface area contributed by atoms with Gasteiger partial charge in [0.1, 0.15) is 11.5 Å². The average molecular weight is 550 g/mol. The number of para-hydroxylation sites is 1. The summed E-state index contributed by atoms with van der Waals surface area (Å²) in [4.78, 5) is 28.6. The fourth-order valence-electron chi connectivity index (χ4n) is 4.96. The molecule has 2 aromatic carbocycles. The molecular formula is C28H32FN7O2S. The van der Waals surface area contributed by atoms with Crippen LogP contribution in [0, 0.1) is 12.7 Å². The molecule has 0 aliphatic carbocycles. The molecule has 0 radical (unpaired) electrons. The third-order valence-electron chi connectivity index (χ3n) is 7.21. The van der Waals surface area contributed by atoms with Crippen LogP contribution in [0.15, 0.2) is 64.5 Å². The van der Waals surface area contributed by atoms with E-state index in [4.69, 9.17) is 0 Å². The second-order valence-electron chi connectivity index (χ2n) is 9.70. The van der Waals surface area contributed by atoms with Gasteiger partial charge in [0.05, 0.1) is 23.2 Å². The van der Waals surface area contributed by atoms with Gasteiger partial charge in [-0.3, -0.25) is 23.7 Å². The van der Waals surface area contributed by atoms with E-state index in [2.05, 4.69) is 27.3 Å². The maximum absolute atomic E-state index is 13.7. The third kappa shape index (κ3) is 5.55. The van der Waals surface area contributed by atoms with Crippen LogP contribution in [0.5, 0.6) is 0 Å². The summed E-state index contributed by atoms with van der Waals surface area (Å²) in [6.45, 7) is 5.87. The van der Waals surface area contributed by atoms with Crippen molar-refractivity contribution in [1.82, 2.24) is 29.0 Å². The molecule has 3 heterocycles. The molecule has 9 nitrogen and oxygen atoms in total. The fraction of sp³-hybridized carbons (Fsp3) is 0.357. The number of nitrogens with one attached hydrogen (secondary N) is 1. The summed E-state index contributed by atoms with van der Waals surface area (Å²) >= 11 is 1.23. The van der Waals surface area contributed by atoms with Gasteiger partial charge in [0.25, 0.3) is 5.56 Å². The third-order valence-corrected chi connectivity index (χ3v) is 8.14. The second kappa shape index (κ2) is 11.6. The van der Waals surface area contributed by atoms with E-state index in [9.17, 15) is 14.0 Å². The van der Waals surface area contributed by atoms with Gasteiger partial charge >= 0.3 is 0 Å². The molecule has 0 saturated carbocycles. The molecule has 0 spiro atoms. The van der Waals surface area contributed by atoms with E-state index in [0.29, 0.717) is 16.5 Å². The number of thioether (sulfide) groups is 1. The van der Waals surface area contributed by atoms with Crippen molar-refractivity contribution in [2.45, 2.75) is 44.3 Å². The van der Waals surface area contributed by atoms with Crippen molar-refractivity contribution in [2.24, 2.45) is 7.05 Å². The van der Waals surface area contributed by atoms with Crippen molar-refractivity contribution in [3.05, 3.63) is 82.3 Å². The van der Waals surface area contributed by atoms with E-state index in [-0.39, 0.29) is 34.8 Å². The molecule has 5 rings (SSSR count). The summed E-state index contributed by atoms with van der Waals surface area (Å²) in [6.07, 6.45) is 3.50. The zero-order valence-electron chi connectivity index (χ0n) is 22.3. The highest BCUT2D eigenvalue weighted by atomic mass is 32.2. The summed E-state index contributed by atoms with van der Waals surface area (Å²) in [6, 6.07) is 15.5. The summed E-state index contributed by atoms with van der Waals surface area (Å²) in [5.74, 6) is 0.114. The zero-order valence-corrected chi connectivity index (χ0v) is 23.1. The topological polar surface area (TPSA) is 90.0 Å². The van der Waals surface area contributed by atoms with Crippen molar-refractivity contribution < 1.29 is 9.18 Å². The van der Waals surface area contributed by atoms with Gasteiger partial charge in [0, 0.05) is 12.7 Å². The number of rotatable bonds is 8. The summed E-state index contributed by atoms with van der Waals surface area (Å²) in [5.41, 5.74) is 2.03. The second-order valence-corrected chi connectivity index (χ2v) is 10.6. The van der Waals surface area contributed by atoms with Gasteiger partial charge in [0.2, 0.25) is 5.91 Å². The van der Waals surface area contributed by atoms with Gasteiger partial charge in [-0.1, -0.05) is 36.4 Å². The van der Waals surface area contributed by atoms with Crippen LogP contribution < -0.4 is 10.9 Å². The van der Waals surface area contributed by atoms with Crippen molar-refractivity contribution in [3.8, 4) is 11.4 Å². The predicted molar refractivity (Wildman–Crippen MR) is 150 cm³/mol. The Balaban J connectivity index is 1.37. The first-order chi connectivity index (χ1) is 18.8. The number of anilines is 1. The summed E-state index contributed by atoms with van der Waals surface area (Å²) < 4.78 is 18.9. The Kier molecular flexibility index (Phi) is 7.99. The van der Waals surface area contributed by atoms with Crippen molar-refractivity contribution in [2.75, 3.05) is 24.2 Å². The van der Waals surface area contributed by atoms with Crippen LogP contribution in [0.25, 0.3) is 11.4 Å². The number of nitrogens with zero attached hydrogens (tertiary/aromatic N) is 6. The number of halogens is 1. The maximum atomic E-state index is 13.7. The van der Waals surface area contributed by atoms with Gasteiger partial charge < -0.3 is 5.32 Å². The molecule has 1 saturated heterocycles. The monoisotopic (exact) mass is 549 g/mol. The lowest BCUT2D eigenvalue weighted by Gasteiger charge is -2.31. The smallest absolute Gasteiger partial charge is 0.295 e. The standard InChI is InChI=1S/C28H32FN7O2S/c1-19-25(27(38)36(33(19)3)23-10-6-4-7-11-23)30-24(37)18-39-28-32-31-26(20(2)34-16-8-5-9-17-34)35(28)22-14-12-21(29)13-15-22/h4,6-7,10-15,20H,5,8-9,16-18H2,1-3H3,(H,30,37). The number of aromatic nitrogens is 5. The Bertz CT molecular complexity index is 1510. The lowest BCUT2D eigenvalue weighted by atomic mass is 10.1.